The fourth-order valence-electron chi connectivity index (χ4n) is 5.34. The van der Waals surface area contributed by atoms with Crippen LogP contribution in [0.4, 0.5) is 0 Å². The van der Waals surface area contributed by atoms with Crippen LogP contribution in [0.25, 0.3) is 0 Å². The lowest BCUT2D eigenvalue weighted by Crippen LogP contribution is -2.66. The molecular weight excluding hydrogens is 246 g/mol. The lowest BCUT2D eigenvalue weighted by atomic mass is 9.65. The topological polar surface area (TPSA) is 36.4 Å². The molecule has 20 heavy (non-hydrogen) atoms. The number of hydrogen-bond acceptors (Lipinski definition) is 3. The van der Waals surface area contributed by atoms with E-state index in [0.29, 0.717) is 30.2 Å². The number of rotatable bonds is 0. The van der Waals surface area contributed by atoms with Crippen LogP contribution in [0.3, 0.4) is 0 Å². The summed E-state index contributed by atoms with van der Waals surface area (Å²) in [4.78, 5) is 4.82. The normalized spacial score (nSPS) is 54.7. The molecule has 0 aromatic rings. The second kappa shape index (κ2) is 5.10. The summed E-state index contributed by atoms with van der Waals surface area (Å²) in [7, 11) is 0. The molecule has 112 valence electrons. The van der Waals surface area contributed by atoms with E-state index in [2.05, 4.69) is 30.7 Å². The Hall–Kier alpha value is -0.410. The highest BCUT2D eigenvalue weighted by Gasteiger charge is 2.47. The molecule has 3 nitrogen and oxygen atoms in total. The molecule has 0 aromatic carbocycles. The molecule has 3 heterocycles. The van der Waals surface area contributed by atoms with Crippen LogP contribution in [0.2, 0.25) is 0 Å². The van der Waals surface area contributed by atoms with Gasteiger partial charge in [0.05, 0.1) is 0 Å². The van der Waals surface area contributed by atoms with Gasteiger partial charge in [-0.25, -0.2) is 0 Å². The SMILES string of the molecule is CC1C=NC2NC3C(CCC4CCC(C)NC43)CC2C1. The Kier molecular flexibility index (Phi) is 3.38. The Bertz CT molecular complexity index is 394. The summed E-state index contributed by atoms with van der Waals surface area (Å²) in [6, 6.07) is 2.07. The molecule has 3 aliphatic heterocycles. The first kappa shape index (κ1) is 13.3. The minimum absolute atomic E-state index is 0.408. The fourth-order valence-corrected chi connectivity index (χ4v) is 5.34. The number of nitrogens with zero attached hydrogens (tertiary/aromatic N) is 1. The van der Waals surface area contributed by atoms with Crippen molar-refractivity contribution >= 4 is 6.21 Å². The highest BCUT2D eigenvalue weighted by atomic mass is 15.2. The first-order valence-corrected chi connectivity index (χ1v) is 8.76. The van der Waals surface area contributed by atoms with Crippen molar-refractivity contribution in [1.29, 1.82) is 0 Å². The molecule has 2 N–H and O–H groups in total. The molecule has 0 radical (unpaired) electrons. The van der Waals surface area contributed by atoms with Gasteiger partial charge in [-0.05, 0) is 69.1 Å². The minimum atomic E-state index is 0.408. The third-order valence-corrected chi connectivity index (χ3v) is 6.35. The molecule has 4 rings (SSSR count). The Balaban J connectivity index is 1.53. The van der Waals surface area contributed by atoms with Gasteiger partial charge in [-0.15, -0.1) is 0 Å². The van der Waals surface area contributed by atoms with E-state index >= 15 is 0 Å². The van der Waals surface area contributed by atoms with E-state index < -0.39 is 0 Å². The van der Waals surface area contributed by atoms with Gasteiger partial charge in [-0.1, -0.05) is 6.92 Å². The first-order chi connectivity index (χ1) is 9.70. The Labute approximate surface area is 123 Å². The first-order valence-electron chi connectivity index (χ1n) is 8.76. The van der Waals surface area contributed by atoms with E-state index in [9.17, 15) is 0 Å². The summed E-state index contributed by atoms with van der Waals surface area (Å²) in [6.45, 7) is 4.67. The van der Waals surface area contributed by atoms with Crippen LogP contribution in [0.15, 0.2) is 4.99 Å². The third-order valence-electron chi connectivity index (χ3n) is 6.35. The maximum atomic E-state index is 4.82. The molecule has 3 fully saturated rings. The van der Waals surface area contributed by atoms with Crippen molar-refractivity contribution in [2.75, 3.05) is 0 Å². The average molecular weight is 275 g/mol. The molecule has 8 unspecified atom stereocenters. The molecule has 3 heteroatoms. The molecule has 8 atom stereocenters. The summed E-state index contributed by atoms with van der Waals surface area (Å²) < 4.78 is 0. The van der Waals surface area contributed by atoms with Crippen molar-refractivity contribution in [3.05, 3.63) is 0 Å². The van der Waals surface area contributed by atoms with Crippen LogP contribution < -0.4 is 10.6 Å². The summed E-state index contributed by atoms with van der Waals surface area (Å²) in [6.07, 6.45) is 11.0. The van der Waals surface area contributed by atoms with Crippen molar-refractivity contribution in [2.45, 2.75) is 76.7 Å². The Morgan fingerprint density at radius 3 is 2.50 bits per heavy atom. The van der Waals surface area contributed by atoms with Gasteiger partial charge < -0.3 is 5.32 Å². The van der Waals surface area contributed by atoms with Crippen molar-refractivity contribution < 1.29 is 0 Å². The highest BCUT2D eigenvalue weighted by Crippen LogP contribution is 2.43. The van der Waals surface area contributed by atoms with Crippen LogP contribution in [0.5, 0.6) is 0 Å². The smallest absolute Gasteiger partial charge is 0.102 e. The van der Waals surface area contributed by atoms with Crippen molar-refractivity contribution in [3.8, 4) is 0 Å². The van der Waals surface area contributed by atoms with Crippen LogP contribution in [-0.2, 0) is 0 Å². The van der Waals surface area contributed by atoms with Gasteiger partial charge in [0, 0.05) is 24.3 Å². The van der Waals surface area contributed by atoms with E-state index in [1.807, 2.05) is 0 Å². The van der Waals surface area contributed by atoms with Gasteiger partial charge in [-0.3, -0.25) is 10.3 Å². The largest absolute Gasteiger partial charge is 0.310 e. The predicted molar refractivity (Wildman–Crippen MR) is 82.9 cm³/mol. The lowest BCUT2D eigenvalue weighted by molar-refractivity contribution is 0.0390. The molecule has 0 amide bonds. The van der Waals surface area contributed by atoms with Crippen molar-refractivity contribution in [1.82, 2.24) is 10.6 Å². The monoisotopic (exact) mass is 275 g/mol. The molecule has 0 aromatic heterocycles. The van der Waals surface area contributed by atoms with Gasteiger partial charge >= 0.3 is 0 Å². The fraction of sp³-hybridized carbons (Fsp3) is 0.941. The maximum absolute atomic E-state index is 4.82. The minimum Gasteiger partial charge on any atom is -0.310 e. The van der Waals surface area contributed by atoms with Crippen molar-refractivity contribution in [2.24, 2.45) is 28.7 Å². The summed E-state index contributed by atoms with van der Waals surface area (Å²) in [5.41, 5.74) is 0. The van der Waals surface area contributed by atoms with E-state index in [0.717, 1.165) is 17.8 Å². The molecule has 1 aliphatic carbocycles. The number of fused-ring (bicyclic) bond motifs is 4. The second-order valence-corrected chi connectivity index (χ2v) is 7.91. The maximum Gasteiger partial charge on any atom is 0.102 e. The number of piperidine rings is 2. The summed E-state index contributed by atoms with van der Waals surface area (Å²) in [5, 5.41) is 7.84. The van der Waals surface area contributed by atoms with Crippen LogP contribution >= 0.6 is 0 Å². The van der Waals surface area contributed by atoms with E-state index in [-0.39, 0.29) is 0 Å². The molecule has 0 bridgehead atoms. The molecule has 4 aliphatic rings. The third kappa shape index (κ3) is 2.23. The Morgan fingerprint density at radius 1 is 0.850 bits per heavy atom. The quantitative estimate of drug-likeness (QED) is 0.713. The average Bonchev–Trinajstić information content (AvgIpc) is 2.45. The standard InChI is InChI=1S/C17H29N3/c1-10-7-14-8-13-6-5-12-4-3-11(2)19-15(12)16(13)20-17(14)18-9-10/h9-17,19-20H,3-8H2,1-2H3. The number of nitrogens with one attached hydrogen (secondary N) is 2. The van der Waals surface area contributed by atoms with Crippen LogP contribution in [0.1, 0.15) is 52.4 Å². The zero-order valence-electron chi connectivity index (χ0n) is 12.9. The van der Waals surface area contributed by atoms with E-state index in [1.54, 1.807) is 0 Å². The summed E-state index contributed by atoms with van der Waals surface area (Å²) >= 11 is 0. The molecule has 1 saturated carbocycles. The molecule has 0 spiro atoms. The number of hydrogen-bond donors (Lipinski definition) is 2. The summed E-state index contributed by atoms with van der Waals surface area (Å²) in [5.74, 6) is 3.26. The Morgan fingerprint density at radius 2 is 1.60 bits per heavy atom. The molecular formula is C17H29N3. The highest BCUT2D eigenvalue weighted by molar-refractivity contribution is 5.61. The van der Waals surface area contributed by atoms with Gasteiger partial charge in [0.25, 0.3) is 0 Å². The van der Waals surface area contributed by atoms with Crippen molar-refractivity contribution in [3.63, 3.8) is 0 Å². The zero-order chi connectivity index (χ0) is 13.7. The van der Waals surface area contributed by atoms with Gasteiger partial charge in [-0.2, -0.15) is 0 Å². The second-order valence-electron chi connectivity index (χ2n) is 7.91. The molecule has 2 saturated heterocycles. The van der Waals surface area contributed by atoms with Crippen LogP contribution in [0, 0.1) is 23.7 Å². The van der Waals surface area contributed by atoms with E-state index in [4.69, 9.17) is 4.99 Å². The van der Waals surface area contributed by atoms with Gasteiger partial charge in [0.2, 0.25) is 0 Å². The number of aliphatic imine (C=N–C) groups is 1. The predicted octanol–water partition coefficient (Wildman–Crippen LogP) is 2.57. The lowest BCUT2D eigenvalue weighted by Gasteiger charge is -2.53. The van der Waals surface area contributed by atoms with Crippen LogP contribution in [-0.4, -0.2) is 30.5 Å². The zero-order valence-corrected chi connectivity index (χ0v) is 12.9. The van der Waals surface area contributed by atoms with Gasteiger partial charge in [0.1, 0.15) is 6.17 Å². The van der Waals surface area contributed by atoms with Gasteiger partial charge in [0.15, 0.2) is 0 Å². The van der Waals surface area contributed by atoms with E-state index in [1.165, 1.54) is 38.5 Å².